The summed E-state index contributed by atoms with van der Waals surface area (Å²) in [5.74, 6) is 1.02. The summed E-state index contributed by atoms with van der Waals surface area (Å²) in [6.45, 7) is 5.15. The Kier molecular flexibility index (Phi) is 5.87. The minimum atomic E-state index is 0.370. The standard InChI is InChI=1S/C22H30N4O/c27-22(25-13-1-2-14-25)10-9-19-6-4-12-24(17-19)18-21-8-5-15-26(21)20-7-3-11-23-16-20/h3,5,7-8,11,15-16,19H,1-2,4,6,9-10,12-14,17-18H2. The van der Waals surface area contributed by atoms with Crippen LogP contribution in [0.2, 0.25) is 0 Å². The van der Waals surface area contributed by atoms with Crippen LogP contribution < -0.4 is 0 Å². The number of hydrogen-bond donors (Lipinski definition) is 0. The van der Waals surface area contributed by atoms with Gasteiger partial charge in [0, 0.05) is 50.7 Å². The van der Waals surface area contributed by atoms with E-state index in [9.17, 15) is 4.79 Å². The van der Waals surface area contributed by atoms with Gasteiger partial charge >= 0.3 is 0 Å². The monoisotopic (exact) mass is 366 g/mol. The molecule has 2 saturated heterocycles. The highest BCUT2D eigenvalue weighted by atomic mass is 16.2. The first-order valence-electron chi connectivity index (χ1n) is 10.4. The second kappa shape index (κ2) is 8.70. The molecule has 0 bridgehead atoms. The minimum Gasteiger partial charge on any atom is -0.343 e. The fourth-order valence-corrected chi connectivity index (χ4v) is 4.51. The Hall–Kier alpha value is -2.14. The van der Waals surface area contributed by atoms with Crippen molar-refractivity contribution < 1.29 is 4.79 Å². The number of pyridine rings is 1. The summed E-state index contributed by atoms with van der Waals surface area (Å²) in [4.78, 5) is 21.2. The molecular weight excluding hydrogens is 336 g/mol. The molecule has 0 aliphatic carbocycles. The van der Waals surface area contributed by atoms with E-state index in [-0.39, 0.29) is 0 Å². The van der Waals surface area contributed by atoms with Crippen molar-refractivity contribution in [3.8, 4) is 5.69 Å². The Bertz CT molecular complexity index is 736. The van der Waals surface area contributed by atoms with E-state index in [1.54, 1.807) is 0 Å². The number of aromatic nitrogens is 2. The lowest BCUT2D eigenvalue weighted by Gasteiger charge is -2.33. The van der Waals surface area contributed by atoms with E-state index < -0.39 is 0 Å². The van der Waals surface area contributed by atoms with Crippen molar-refractivity contribution in [2.45, 2.75) is 45.1 Å². The number of carbonyl (C=O) groups is 1. The Morgan fingerprint density at radius 2 is 2.00 bits per heavy atom. The third-order valence-corrected chi connectivity index (χ3v) is 5.97. The van der Waals surface area contributed by atoms with Gasteiger partial charge < -0.3 is 9.47 Å². The van der Waals surface area contributed by atoms with Crippen molar-refractivity contribution in [1.82, 2.24) is 19.4 Å². The van der Waals surface area contributed by atoms with E-state index in [1.165, 1.54) is 31.4 Å². The zero-order valence-corrected chi connectivity index (χ0v) is 16.1. The number of rotatable bonds is 6. The van der Waals surface area contributed by atoms with Crippen LogP contribution in [0.4, 0.5) is 0 Å². The molecule has 27 heavy (non-hydrogen) atoms. The van der Waals surface area contributed by atoms with Gasteiger partial charge in [0.05, 0.1) is 11.9 Å². The average Bonchev–Trinajstić information content (AvgIpc) is 3.39. The van der Waals surface area contributed by atoms with Crippen molar-refractivity contribution in [2.24, 2.45) is 5.92 Å². The van der Waals surface area contributed by atoms with Gasteiger partial charge in [0.15, 0.2) is 0 Å². The van der Waals surface area contributed by atoms with E-state index in [4.69, 9.17) is 0 Å². The molecule has 144 valence electrons. The molecule has 0 radical (unpaired) electrons. The maximum Gasteiger partial charge on any atom is 0.222 e. The highest BCUT2D eigenvalue weighted by Crippen LogP contribution is 2.24. The van der Waals surface area contributed by atoms with Crippen LogP contribution in [0.3, 0.4) is 0 Å². The zero-order chi connectivity index (χ0) is 18.5. The molecule has 4 rings (SSSR count). The molecule has 1 amide bonds. The molecule has 2 aromatic heterocycles. The van der Waals surface area contributed by atoms with Gasteiger partial charge in [-0.25, -0.2) is 0 Å². The third-order valence-electron chi connectivity index (χ3n) is 5.97. The fourth-order valence-electron chi connectivity index (χ4n) is 4.51. The first kappa shape index (κ1) is 18.2. The molecule has 2 aliphatic rings. The molecule has 5 heteroatoms. The van der Waals surface area contributed by atoms with Gasteiger partial charge in [-0.2, -0.15) is 0 Å². The summed E-state index contributed by atoms with van der Waals surface area (Å²) >= 11 is 0. The number of piperidine rings is 1. The van der Waals surface area contributed by atoms with Crippen LogP contribution in [0.15, 0.2) is 42.9 Å². The van der Waals surface area contributed by atoms with Crippen molar-refractivity contribution in [1.29, 1.82) is 0 Å². The first-order valence-corrected chi connectivity index (χ1v) is 10.4. The van der Waals surface area contributed by atoms with E-state index in [1.807, 2.05) is 18.5 Å². The summed E-state index contributed by atoms with van der Waals surface area (Å²) in [7, 11) is 0. The van der Waals surface area contributed by atoms with Crippen LogP contribution in [-0.2, 0) is 11.3 Å². The van der Waals surface area contributed by atoms with Gasteiger partial charge in [-0.05, 0) is 68.8 Å². The summed E-state index contributed by atoms with van der Waals surface area (Å²) in [6.07, 6.45) is 12.4. The zero-order valence-electron chi connectivity index (χ0n) is 16.1. The Labute approximate surface area is 162 Å². The second-order valence-corrected chi connectivity index (χ2v) is 7.95. The molecular formula is C22H30N4O. The summed E-state index contributed by atoms with van der Waals surface area (Å²) < 4.78 is 2.23. The minimum absolute atomic E-state index is 0.370. The topological polar surface area (TPSA) is 41.4 Å². The van der Waals surface area contributed by atoms with E-state index in [0.29, 0.717) is 11.8 Å². The van der Waals surface area contributed by atoms with Crippen molar-refractivity contribution in [2.75, 3.05) is 26.2 Å². The lowest BCUT2D eigenvalue weighted by Crippen LogP contribution is -2.36. The lowest BCUT2D eigenvalue weighted by molar-refractivity contribution is -0.130. The van der Waals surface area contributed by atoms with Crippen LogP contribution in [0.5, 0.6) is 0 Å². The number of nitrogens with zero attached hydrogens (tertiary/aromatic N) is 4. The normalized spacial score (nSPS) is 20.9. The highest BCUT2D eigenvalue weighted by molar-refractivity contribution is 5.76. The predicted octanol–water partition coefficient (Wildman–Crippen LogP) is 3.49. The average molecular weight is 367 g/mol. The molecule has 0 N–H and O–H groups in total. The molecule has 1 atom stereocenters. The van der Waals surface area contributed by atoms with Crippen LogP contribution in [0.25, 0.3) is 5.69 Å². The van der Waals surface area contributed by atoms with Crippen molar-refractivity contribution >= 4 is 5.91 Å². The molecule has 2 fully saturated rings. The third kappa shape index (κ3) is 4.59. The van der Waals surface area contributed by atoms with Gasteiger partial charge in [-0.1, -0.05) is 0 Å². The maximum atomic E-state index is 12.3. The van der Waals surface area contributed by atoms with Gasteiger partial charge in [-0.15, -0.1) is 0 Å². The summed E-state index contributed by atoms with van der Waals surface area (Å²) in [6, 6.07) is 8.39. The van der Waals surface area contributed by atoms with Crippen LogP contribution in [0.1, 0.15) is 44.2 Å². The molecule has 2 aromatic rings. The SMILES string of the molecule is O=C(CCC1CCCN(Cc2cccn2-c2cccnc2)C1)N1CCCC1. The largest absolute Gasteiger partial charge is 0.343 e. The number of hydrogen-bond acceptors (Lipinski definition) is 3. The van der Waals surface area contributed by atoms with Gasteiger partial charge in [0.25, 0.3) is 0 Å². The molecule has 1 unspecified atom stereocenters. The van der Waals surface area contributed by atoms with Gasteiger partial charge in [0.2, 0.25) is 5.91 Å². The molecule has 4 heterocycles. The van der Waals surface area contributed by atoms with Crippen LogP contribution in [0, 0.1) is 5.92 Å². The van der Waals surface area contributed by atoms with E-state index in [2.05, 4.69) is 43.7 Å². The number of amides is 1. The van der Waals surface area contributed by atoms with Gasteiger partial charge in [-0.3, -0.25) is 14.7 Å². The molecule has 0 saturated carbocycles. The summed E-state index contributed by atoms with van der Waals surface area (Å²) in [5, 5.41) is 0. The first-order chi connectivity index (χ1) is 13.3. The fraction of sp³-hybridized carbons (Fsp3) is 0.545. The van der Waals surface area contributed by atoms with Gasteiger partial charge in [0.1, 0.15) is 0 Å². The molecule has 0 aromatic carbocycles. The quantitative estimate of drug-likeness (QED) is 0.786. The van der Waals surface area contributed by atoms with Crippen LogP contribution >= 0.6 is 0 Å². The number of carbonyl (C=O) groups excluding carboxylic acids is 1. The Balaban J connectivity index is 1.31. The van der Waals surface area contributed by atoms with Crippen LogP contribution in [-0.4, -0.2) is 51.4 Å². The Morgan fingerprint density at radius 3 is 2.81 bits per heavy atom. The Morgan fingerprint density at radius 1 is 1.11 bits per heavy atom. The maximum absolute atomic E-state index is 12.3. The smallest absolute Gasteiger partial charge is 0.222 e. The molecule has 2 aliphatic heterocycles. The summed E-state index contributed by atoms with van der Waals surface area (Å²) in [5.41, 5.74) is 2.42. The second-order valence-electron chi connectivity index (χ2n) is 7.95. The lowest BCUT2D eigenvalue weighted by atomic mass is 9.93. The van der Waals surface area contributed by atoms with Crippen molar-refractivity contribution in [3.05, 3.63) is 48.5 Å². The van der Waals surface area contributed by atoms with E-state index >= 15 is 0 Å². The number of likely N-dealkylation sites (tertiary alicyclic amines) is 2. The molecule has 0 spiro atoms. The molecule has 5 nitrogen and oxygen atoms in total. The van der Waals surface area contributed by atoms with Crippen molar-refractivity contribution in [3.63, 3.8) is 0 Å². The predicted molar refractivity (Wildman–Crippen MR) is 107 cm³/mol. The highest BCUT2D eigenvalue weighted by Gasteiger charge is 2.23. The van der Waals surface area contributed by atoms with E-state index in [0.717, 1.165) is 51.3 Å².